The molecule has 0 aliphatic carbocycles. The van der Waals surface area contributed by atoms with Gasteiger partial charge in [0.15, 0.2) is 5.65 Å². The summed E-state index contributed by atoms with van der Waals surface area (Å²) in [6.45, 7) is 4.17. The van der Waals surface area contributed by atoms with Crippen LogP contribution in [0.1, 0.15) is 47.8 Å². The molecule has 4 aromatic rings. The molecule has 0 fully saturated rings. The zero-order valence-electron chi connectivity index (χ0n) is 17.8. The predicted octanol–water partition coefficient (Wildman–Crippen LogP) is 5.72. The lowest BCUT2D eigenvalue weighted by Crippen LogP contribution is -2.13. The summed E-state index contributed by atoms with van der Waals surface area (Å²) in [7, 11) is 1.54. The number of hydrogen-bond donors (Lipinski definition) is 1. The van der Waals surface area contributed by atoms with Crippen LogP contribution in [0.5, 0.6) is 5.75 Å². The van der Waals surface area contributed by atoms with Gasteiger partial charge < -0.3 is 10.1 Å². The maximum Gasteiger partial charge on any atom is 0.280 e. The van der Waals surface area contributed by atoms with Crippen LogP contribution in [0.25, 0.3) is 16.9 Å². The van der Waals surface area contributed by atoms with Gasteiger partial charge in [-0.05, 0) is 53.9 Å². The van der Waals surface area contributed by atoms with Gasteiger partial charge in [-0.3, -0.25) is 4.79 Å². The molecule has 164 valence electrons. The number of aromatic nitrogens is 3. The van der Waals surface area contributed by atoms with Crippen molar-refractivity contribution in [2.24, 2.45) is 0 Å². The number of alkyl halides is 2. The molecule has 8 heteroatoms. The van der Waals surface area contributed by atoms with Crippen molar-refractivity contribution in [2.75, 3.05) is 12.4 Å². The van der Waals surface area contributed by atoms with E-state index in [4.69, 9.17) is 4.74 Å². The van der Waals surface area contributed by atoms with Gasteiger partial charge in [-0.1, -0.05) is 26.0 Å². The summed E-state index contributed by atoms with van der Waals surface area (Å²) in [5.41, 5.74) is 2.49. The fraction of sp³-hybridized carbons (Fsp3) is 0.208. The Kier molecular flexibility index (Phi) is 5.85. The van der Waals surface area contributed by atoms with Crippen molar-refractivity contribution < 1.29 is 18.3 Å². The van der Waals surface area contributed by atoms with E-state index in [0.29, 0.717) is 28.6 Å². The second-order valence-electron chi connectivity index (χ2n) is 7.62. The molecule has 6 nitrogen and oxygen atoms in total. The van der Waals surface area contributed by atoms with Gasteiger partial charge >= 0.3 is 0 Å². The first kappa shape index (κ1) is 21.4. The highest BCUT2D eigenvalue weighted by molar-refractivity contribution is 6.08. The molecule has 0 saturated heterocycles. The van der Waals surface area contributed by atoms with E-state index < -0.39 is 12.3 Å². The number of methoxy groups -OCH3 is 1. The lowest BCUT2D eigenvalue weighted by Gasteiger charge is -2.10. The fourth-order valence-electron chi connectivity index (χ4n) is 3.36. The highest BCUT2D eigenvalue weighted by Gasteiger charge is 2.21. The van der Waals surface area contributed by atoms with Crippen molar-refractivity contribution in [3.63, 3.8) is 0 Å². The topological polar surface area (TPSA) is 68.5 Å². The Hall–Kier alpha value is -3.81. The van der Waals surface area contributed by atoms with E-state index in [2.05, 4.69) is 29.2 Å². The second-order valence-corrected chi connectivity index (χ2v) is 7.62. The minimum Gasteiger partial charge on any atom is -0.497 e. The quantitative estimate of drug-likeness (QED) is 0.420. The molecule has 32 heavy (non-hydrogen) atoms. The number of benzene rings is 2. The number of fused-ring (bicyclic) bond motifs is 1. The van der Waals surface area contributed by atoms with Crippen molar-refractivity contribution in [3.8, 4) is 17.0 Å². The number of anilines is 1. The second kappa shape index (κ2) is 8.74. The summed E-state index contributed by atoms with van der Waals surface area (Å²) in [5, 5.41) is 6.78. The molecular weight excluding hydrogens is 414 g/mol. The first-order chi connectivity index (χ1) is 15.4. The summed E-state index contributed by atoms with van der Waals surface area (Å²) < 4.78 is 33.7. The lowest BCUT2D eigenvalue weighted by molar-refractivity contribution is 0.102. The summed E-state index contributed by atoms with van der Waals surface area (Å²) in [6.07, 6.45) is -1.54. The first-order valence-electron chi connectivity index (χ1n) is 10.1. The van der Waals surface area contributed by atoms with Crippen molar-refractivity contribution >= 4 is 17.2 Å². The minimum absolute atomic E-state index is 0.0601. The Balaban J connectivity index is 1.73. The Morgan fingerprint density at radius 3 is 2.34 bits per heavy atom. The molecule has 1 amide bonds. The highest BCUT2D eigenvalue weighted by Crippen LogP contribution is 2.28. The zero-order chi connectivity index (χ0) is 22.8. The third-order valence-electron chi connectivity index (χ3n) is 5.19. The van der Waals surface area contributed by atoms with E-state index in [9.17, 15) is 13.6 Å². The standard InChI is InChI=1S/C24H22F2N4O2/c1-14(2)15-4-8-17(9-5-15)28-24(31)19-13-27-30-21(22(25)26)12-20(29-23(19)30)16-6-10-18(32-3)11-7-16/h4-14,22H,1-3H3,(H,28,31). The van der Waals surface area contributed by atoms with Gasteiger partial charge in [0.1, 0.15) is 17.0 Å². The van der Waals surface area contributed by atoms with Gasteiger partial charge in [0.25, 0.3) is 12.3 Å². The van der Waals surface area contributed by atoms with Crippen LogP contribution < -0.4 is 10.1 Å². The first-order valence-corrected chi connectivity index (χ1v) is 10.1. The molecular formula is C24H22F2N4O2. The molecule has 0 atom stereocenters. The number of hydrogen-bond acceptors (Lipinski definition) is 4. The SMILES string of the molecule is COc1ccc(-c2cc(C(F)F)n3ncc(C(=O)Nc4ccc(C(C)C)cc4)c3n2)cc1. The van der Waals surface area contributed by atoms with Crippen molar-refractivity contribution in [1.82, 2.24) is 14.6 Å². The Morgan fingerprint density at radius 2 is 1.75 bits per heavy atom. The Labute approximate surface area is 183 Å². The predicted molar refractivity (Wildman–Crippen MR) is 118 cm³/mol. The van der Waals surface area contributed by atoms with Gasteiger partial charge in [0, 0.05) is 11.3 Å². The van der Waals surface area contributed by atoms with Crippen LogP contribution in [0.15, 0.2) is 60.8 Å². The minimum atomic E-state index is -2.79. The molecule has 0 saturated carbocycles. The van der Waals surface area contributed by atoms with E-state index in [1.807, 2.05) is 12.1 Å². The van der Waals surface area contributed by atoms with Crippen molar-refractivity contribution in [1.29, 1.82) is 0 Å². The fourth-order valence-corrected chi connectivity index (χ4v) is 3.36. The largest absolute Gasteiger partial charge is 0.497 e. The summed E-state index contributed by atoms with van der Waals surface area (Å²) in [5.74, 6) is 0.529. The Bertz CT molecular complexity index is 1250. The molecule has 2 heterocycles. The van der Waals surface area contributed by atoms with Gasteiger partial charge in [-0.25, -0.2) is 18.3 Å². The van der Waals surface area contributed by atoms with E-state index >= 15 is 0 Å². The maximum atomic E-state index is 13.8. The van der Waals surface area contributed by atoms with Crippen LogP contribution in [0.4, 0.5) is 14.5 Å². The number of nitrogens with zero attached hydrogens (tertiary/aromatic N) is 3. The molecule has 1 N–H and O–H groups in total. The van der Waals surface area contributed by atoms with Gasteiger partial charge in [0.05, 0.1) is 19.0 Å². The normalized spacial score (nSPS) is 11.3. The average molecular weight is 436 g/mol. The zero-order valence-corrected chi connectivity index (χ0v) is 17.8. The number of carbonyl (C=O) groups excluding carboxylic acids is 1. The van der Waals surface area contributed by atoms with Crippen LogP contribution in [-0.2, 0) is 0 Å². The van der Waals surface area contributed by atoms with Crippen molar-refractivity contribution in [2.45, 2.75) is 26.2 Å². The summed E-state index contributed by atoms with van der Waals surface area (Å²) in [6, 6.07) is 15.6. The average Bonchev–Trinajstić information content (AvgIpc) is 3.23. The third-order valence-corrected chi connectivity index (χ3v) is 5.19. The number of nitrogens with one attached hydrogen (secondary N) is 1. The van der Waals surface area contributed by atoms with E-state index in [1.165, 1.54) is 12.3 Å². The number of amides is 1. The summed E-state index contributed by atoms with van der Waals surface area (Å²) >= 11 is 0. The molecule has 0 aliphatic rings. The van der Waals surface area contributed by atoms with E-state index in [0.717, 1.165) is 10.1 Å². The molecule has 0 bridgehead atoms. The summed E-state index contributed by atoms with van der Waals surface area (Å²) in [4.78, 5) is 17.4. The van der Waals surface area contributed by atoms with Crippen LogP contribution in [0.3, 0.4) is 0 Å². The number of rotatable bonds is 6. The van der Waals surface area contributed by atoms with Gasteiger partial charge in [-0.15, -0.1) is 0 Å². The number of halogens is 2. The van der Waals surface area contributed by atoms with E-state index in [-0.39, 0.29) is 16.9 Å². The molecule has 0 unspecified atom stereocenters. The van der Waals surface area contributed by atoms with Crippen LogP contribution in [-0.4, -0.2) is 27.6 Å². The molecule has 0 spiro atoms. The van der Waals surface area contributed by atoms with Gasteiger partial charge in [0.2, 0.25) is 0 Å². The smallest absolute Gasteiger partial charge is 0.280 e. The third kappa shape index (κ3) is 4.16. The monoisotopic (exact) mass is 436 g/mol. The number of carbonyl (C=O) groups is 1. The van der Waals surface area contributed by atoms with E-state index in [1.54, 1.807) is 43.5 Å². The highest BCUT2D eigenvalue weighted by atomic mass is 19.3. The molecule has 0 radical (unpaired) electrons. The van der Waals surface area contributed by atoms with Gasteiger partial charge in [-0.2, -0.15) is 5.10 Å². The van der Waals surface area contributed by atoms with Crippen LogP contribution >= 0.6 is 0 Å². The molecule has 4 rings (SSSR count). The molecule has 0 aliphatic heterocycles. The number of ether oxygens (including phenoxy) is 1. The van der Waals surface area contributed by atoms with Crippen LogP contribution in [0.2, 0.25) is 0 Å². The molecule has 2 aromatic heterocycles. The Morgan fingerprint density at radius 1 is 1.06 bits per heavy atom. The lowest BCUT2D eigenvalue weighted by atomic mass is 10.0. The van der Waals surface area contributed by atoms with Crippen molar-refractivity contribution in [3.05, 3.63) is 77.6 Å². The maximum absolute atomic E-state index is 13.8. The van der Waals surface area contributed by atoms with Crippen LogP contribution in [0, 0.1) is 0 Å². The molecule has 2 aromatic carbocycles.